The molecule has 1 fully saturated rings. The third-order valence-corrected chi connectivity index (χ3v) is 4.72. The zero-order chi connectivity index (χ0) is 15.4. The highest BCUT2D eigenvalue weighted by atomic mass is 15.3. The Morgan fingerprint density at radius 1 is 1.27 bits per heavy atom. The first-order chi connectivity index (χ1) is 10.7. The highest BCUT2D eigenvalue weighted by Gasteiger charge is 2.18. The van der Waals surface area contributed by atoms with Crippen molar-refractivity contribution in [3.05, 3.63) is 42.5 Å². The monoisotopic (exact) mass is 299 g/mol. The number of piperidine rings is 1. The third kappa shape index (κ3) is 3.54. The van der Waals surface area contributed by atoms with Crippen LogP contribution < -0.4 is 5.32 Å². The summed E-state index contributed by atoms with van der Waals surface area (Å²) < 4.78 is 1.78. The predicted molar refractivity (Wildman–Crippen MR) is 88.0 cm³/mol. The number of hydrogen-bond donors (Lipinski definition) is 1. The van der Waals surface area contributed by atoms with E-state index in [1.54, 1.807) is 17.3 Å². The molecule has 1 aromatic heterocycles. The molecule has 1 aliphatic rings. The van der Waals surface area contributed by atoms with Crippen LogP contribution in [-0.2, 0) is 0 Å². The SMILES string of the molecule is CC(c1ccc(-n2cncn2)cc1)N(C)CC1CCNCC1. The highest BCUT2D eigenvalue weighted by molar-refractivity contribution is 5.34. The number of benzene rings is 1. The van der Waals surface area contributed by atoms with Crippen LogP contribution in [0.3, 0.4) is 0 Å². The molecule has 1 aromatic carbocycles. The Kier molecular flexibility index (Phi) is 4.85. The van der Waals surface area contributed by atoms with Crippen molar-refractivity contribution < 1.29 is 0 Å². The summed E-state index contributed by atoms with van der Waals surface area (Å²) in [6.07, 6.45) is 5.87. The Balaban J connectivity index is 1.62. The van der Waals surface area contributed by atoms with Gasteiger partial charge in [0.05, 0.1) is 5.69 Å². The Morgan fingerprint density at radius 2 is 2.00 bits per heavy atom. The molecule has 1 unspecified atom stereocenters. The summed E-state index contributed by atoms with van der Waals surface area (Å²) in [6, 6.07) is 9.04. The molecule has 0 spiro atoms. The minimum absolute atomic E-state index is 0.430. The minimum atomic E-state index is 0.430. The van der Waals surface area contributed by atoms with Crippen LogP contribution in [0.15, 0.2) is 36.9 Å². The fourth-order valence-corrected chi connectivity index (χ4v) is 3.13. The van der Waals surface area contributed by atoms with Crippen molar-refractivity contribution in [2.45, 2.75) is 25.8 Å². The van der Waals surface area contributed by atoms with E-state index in [0.29, 0.717) is 6.04 Å². The Labute approximate surface area is 132 Å². The van der Waals surface area contributed by atoms with Crippen LogP contribution in [0.25, 0.3) is 5.69 Å². The summed E-state index contributed by atoms with van der Waals surface area (Å²) in [5, 5.41) is 7.60. The molecule has 0 saturated carbocycles. The van der Waals surface area contributed by atoms with Crippen molar-refractivity contribution >= 4 is 0 Å². The lowest BCUT2D eigenvalue weighted by atomic mass is 9.96. The standard InChI is InChI=1S/C17H25N5/c1-14(21(2)11-15-7-9-18-10-8-15)16-3-5-17(6-4-16)22-13-19-12-20-22/h3-6,12-15,18H,7-11H2,1-2H3. The molecular weight excluding hydrogens is 274 g/mol. The first kappa shape index (κ1) is 15.2. The van der Waals surface area contributed by atoms with E-state index in [1.807, 2.05) is 0 Å². The summed E-state index contributed by atoms with van der Waals surface area (Å²) in [5.41, 5.74) is 2.40. The summed E-state index contributed by atoms with van der Waals surface area (Å²) in [6.45, 7) is 5.79. The largest absolute Gasteiger partial charge is 0.317 e. The summed E-state index contributed by atoms with van der Waals surface area (Å²) >= 11 is 0. The number of hydrogen-bond acceptors (Lipinski definition) is 4. The maximum absolute atomic E-state index is 4.16. The summed E-state index contributed by atoms with van der Waals surface area (Å²) in [4.78, 5) is 6.46. The first-order valence-corrected chi connectivity index (χ1v) is 8.10. The van der Waals surface area contributed by atoms with Crippen molar-refractivity contribution in [1.29, 1.82) is 0 Å². The fraction of sp³-hybridized carbons (Fsp3) is 0.529. The molecule has 1 atom stereocenters. The van der Waals surface area contributed by atoms with Crippen molar-refractivity contribution in [2.75, 3.05) is 26.7 Å². The van der Waals surface area contributed by atoms with Gasteiger partial charge in [0.1, 0.15) is 12.7 Å². The van der Waals surface area contributed by atoms with E-state index >= 15 is 0 Å². The van der Waals surface area contributed by atoms with Gasteiger partial charge in [0.2, 0.25) is 0 Å². The zero-order valence-corrected chi connectivity index (χ0v) is 13.4. The first-order valence-electron chi connectivity index (χ1n) is 8.10. The van der Waals surface area contributed by atoms with E-state index < -0.39 is 0 Å². The molecule has 22 heavy (non-hydrogen) atoms. The summed E-state index contributed by atoms with van der Waals surface area (Å²) in [7, 11) is 2.23. The molecule has 1 saturated heterocycles. The molecule has 3 rings (SSSR count). The average molecular weight is 299 g/mol. The van der Waals surface area contributed by atoms with Crippen molar-refractivity contribution in [2.24, 2.45) is 5.92 Å². The van der Waals surface area contributed by atoms with Gasteiger partial charge in [-0.3, -0.25) is 4.90 Å². The molecule has 118 valence electrons. The molecule has 2 heterocycles. The molecule has 0 amide bonds. The van der Waals surface area contributed by atoms with E-state index in [0.717, 1.165) is 11.6 Å². The van der Waals surface area contributed by atoms with E-state index in [2.05, 4.69) is 58.5 Å². The van der Waals surface area contributed by atoms with Crippen molar-refractivity contribution in [3.63, 3.8) is 0 Å². The van der Waals surface area contributed by atoms with Crippen LogP contribution in [0, 0.1) is 5.92 Å². The zero-order valence-electron chi connectivity index (χ0n) is 13.4. The second-order valence-electron chi connectivity index (χ2n) is 6.24. The van der Waals surface area contributed by atoms with Crippen molar-refractivity contribution in [1.82, 2.24) is 25.0 Å². The normalized spacial score (nSPS) is 17.8. The number of nitrogens with zero attached hydrogens (tertiary/aromatic N) is 4. The molecule has 5 nitrogen and oxygen atoms in total. The van der Waals surface area contributed by atoms with Gasteiger partial charge >= 0.3 is 0 Å². The average Bonchev–Trinajstić information content (AvgIpc) is 3.10. The predicted octanol–water partition coefficient (Wildman–Crippen LogP) is 2.26. The van der Waals surface area contributed by atoms with Gasteiger partial charge < -0.3 is 5.32 Å². The van der Waals surface area contributed by atoms with Crippen LogP contribution in [0.2, 0.25) is 0 Å². The van der Waals surface area contributed by atoms with Crippen LogP contribution >= 0.6 is 0 Å². The summed E-state index contributed by atoms with van der Waals surface area (Å²) in [5.74, 6) is 0.822. The Morgan fingerprint density at radius 3 is 2.64 bits per heavy atom. The quantitative estimate of drug-likeness (QED) is 0.920. The van der Waals surface area contributed by atoms with Gasteiger partial charge in [-0.15, -0.1) is 0 Å². The molecule has 0 radical (unpaired) electrons. The van der Waals surface area contributed by atoms with Gasteiger partial charge in [-0.1, -0.05) is 12.1 Å². The van der Waals surface area contributed by atoms with E-state index in [1.165, 1.54) is 38.0 Å². The van der Waals surface area contributed by atoms with E-state index in [4.69, 9.17) is 0 Å². The number of rotatable bonds is 5. The molecule has 0 aliphatic carbocycles. The molecule has 1 aliphatic heterocycles. The van der Waals surface area contributed by atoms with Gasteiger partial charge in [-0.25, -0.2) is 9.67 Å². The minimum Gasteiger partial charge on any atom is -0.317 e. The topological polar surface area (TPSA) is 46.0 Å². The van der Waals surface area contributed by atoms with Gasteiger partial charge in [0.25, 0.3) is 0 Å². The number of nitrogens with one attached hydrogen (secondary N) is 1. The van der Waals surface area contributed by atoms with Crippen LogP contribution in [0.1, 0.15) is 31.4 Å². The molecule has 1 N–H and O–H groups in total. The maximum Gasteiger partial charge on any atom is 0.138 e. The van der Waals surface area contributed by atoms with Crippen LogP contribution in [0.5, 0.6) is 0 Å². The molecular formula is C17H25N5. The highest BCUT2D eigenvalue weighted by Crippen LogP contribution is 2.23. The van der Waals surface area contributed by atoms with Gasteiger partial charge in [0.15, 0.2) is 0 Å². The fourth-order valence-electron chi connectivity index (χ4n) is 3.13. The van der Waals surface area contributed by atoms with E-state index in [9.17, 15) is 0 Å². The van der Waals surface area contributed by atoms with Gasteiger partial charge in [0, 0.05) is 12.6 Å². The lowest BCUT2D eigenvalue weighted by Gasteiger charge is -2.31. The Bertz CT molecular complexity index is 557. The molecule has 2 aromatic rings. The molecule has 5 heteroatoms. The molecule has 0 bridgehead atoms. The van der Waals surface area contributed by atoms with E-state index in [-0.39, 0.29) is 0 Å². The van der Waals surface area contributed by atoms with Gasteiger partial charge in [-0.05, 0) is 63.5 Å². The smallest absolute Gasteiger partial charge is 0.138 e. The second-order valence-corrected chi connectivity index (χ2v) is 6.24. The maximum atomic E-state index is 4.16. The van der Waals surface area contributed by atoms with Crippen LogP contribution in [0.4, 0.5) is 0 Å². The lowest BCUT2D eigenvalue weighted by molar-refractivity contribution is 0.196. The third-order valence-electron chi connectivity index (χ3n) is 4.72. The lowest BCUT2D eigenvalue weighted by Crippen LogP contribution is -2.35. The van der Waals surface area contributed by atoms with Gasteiger partial charge in [-0.2, -0.15) is 5.10 Å². The number of aromatic nitrogens is 3. The van der Waals surface area contributed by atoms with Crippen LogP contribution in [-0.4, -0.2) is 46.3 Å². The van der Waals surface area contributed by atoms with Crippen molar-refractivity contribution in [3.8, 4) is 5.69 Å². The second kappa shape index (κ2) is 7.03. The Hall–Kier alpha value is -1.72.